The second-order valence-electron chi connectivity index (χ2n) is 8.03. The largest absolute Gasteiger partial charge is 0.467 e. The molecule has 0 aromatic heterocycles. The summed E-state index contributed by atoms with van der Waals surface area (Å²) in [7, 11) is 1.33. The fraction of sp³-hybridized carbons (Fsp3) is 0.833. The van der Waals surface area contributed by atoms with Gasteiger partial charge in [-0.1, -0.05) is 34.6 Å². The van der Waals surface area contributed by atoms with Crippen molar-refractivity contribution in [3.8, 4) is 0 Å². The van der Waals surface area contributed by atoms with Crippen LogP contribution in [0.25, 0.3) is 0 Å². The van der Waals surface area contributed by atoms with E-state index < -0.39 is 17.4 Å². The van der Waals surface area contributed by atoms with Crippen molar-refractivity contribution >= 4 is 17.8 Å². The molecule has 0 spiro atoms. The van der Waals surface area contributed by atoms with Gasteiger partial charge < -0.3 is 15.0 Å². The highest BCUT2D eigenvalue weighted by Crippen LogP contribution is 2.24. The van der Waals surface area contributed by atoms with E-state index in [4.69, 9.17) is 4.74 Å². The van der Waals surface area contributed by atoms with Crippen LogP contribution in [-0.4, -0.2) is 48.9 Å². The number of rotatable bonds is 5. The van der Waals surface area contributed by atoms with Crippen LogP contribution < -0.4 is 5.32 Å². The SMILES string of the molecule is COC(=O)[C@H](CC(C)C)NC(=O)C1CCN(C(=O)C(C)(C)C)CC1. The highest BCUT2D eigenvalue weighted by Gasteiger charge is 2.33. The zero-order valence-electron chi connectivity index (χ0n) is 15.8. The molecular formula is C18H32N2O4. The summed E-state index contributed by atoms with van der Waals surface area (Å²) in [4.78, 5) is 38.4. The lowest BCUT2D eigenvalue weighted by molar-refractivity contribution is -0.146. The van der Waals surface area contributed by atoms with Crippen molar-refractivity contribution in [3.63, 3.8) is 0 Å². The first kappa shape index (κ1) is 20.5. The molecule has 0 aromatic carbocycles. The molecule has 0 unspecified atom stereocenters. The minimum absolute atomic E-state index is 0.117. The fourth-order valence-corrected chi connectivity index (χ4v) is 2.94. The highest BCUT2D eigenvalue weighted by atomic mass is 16.5. The predicted octanol–water partition coefficient (Wildman–Crippen LogP) is 1.97. The quantitative estimate of drug-likeness (QED) is 0.777. The Hall–Kier alpha value is -1.59. The van der Waals surface area contributed by atoms with Gasteiger partial charge in [-0.2, -0.15) is 0 Å². The zero-order valence-corrected chi connectivity index (χ0v) is 15.8. The van der Waals surface area contributed by atoms with E-state index in [0.717, 1.165) is 0 Å². The average Bonchev–Trinajstić information content (AvgIpc) is 2.51. The van der Waals surface area contributed by atoms with E-state index in [1.54, 1.807) is 0 Å². The Morgan fingerprint density at radius 2 is 1.71 bits per heavy atom. The molecule has 1 aliphatic rings. The molecule has 0 radical (unpaired) electrons. The molecule has 1 saturated heterocycles. The molecule has 6 heteroatoms. The Morgan fingerprint density at radius 3 is 2.12 bits per heavy atom. The Bertz CT molecular complexity index is 460. The lowest BCUT2D eigenvalue weighted by atomic mass is 9.90. The third-order valence-corrected chi connectivity index (χ3v) is 4.30. The van der Waals surface area contributed by atoms with Gasteiger partial charge >= 0.3 is 5.97 Å². The van der Waals surface area contributed by atoms with Crippen LogP contribution >= 0.6 is 0 Å². The number of nitrogens with zero attached hydrogens (tertiary/aromatic N) is 1. The number of carbonyl (C=O) groups excluding carboxylic acids is 3. The first-order valence-electron chi connectivity index (χ1n) is 8.73. The first-order valence-corrected chi connectivity index (χ1v) is 8.73. The van der Waals surface area contributed by atoms with Gasteiger partial charge in [-0.05, 0) is 25.2 Å². The van der Waals surface area contributed by atoms with Gasteiger partial charge in [0.05, 0.1) is 7.11 Å². The van der Waals surface area contributed by atoms with Crippen LogP contribution in [0.3, 0.4) is 0 Å². The maximum Gasteiger partial charge on any atom is 0.328 e. The average molecular weight is 340 g/mol. The van der Waals surface area contributed by atoms with Crippen molar-refractivity contribution < 1.29 is 19.1 Å². The summed E-state index contributed by atoms with van der Waals surface area (Å²) in [6, 6.07) is -0.600. The van der Waals surface area contributed by atoms with Gasteiger partial charge in [0.15, 0.2) is 0 Å². The summed E-state index contributed by atoms with van der Waals surface area (Å²) in [5, 5.41) is 2.83. The van der Waals surface area contributed by atoms with Gasteiger partial charge in [0, 0.05) is 24.4 Å². The standard InChI is InChI=1S/C18H32N2O4/c1-12(2)11-14(16(22)24-6)19-15(21)13-7-9-20(10-8-13)17(23)18(3,4)5/h12-14H,7-11H2,1-6H3,(H,19,21)/t14-/m0/s1. The van der Waals surface area contributed by atoms with Crippen molar-refractivity contribution in [3.05, 3.63) is 0 Å². The van der Waals surface area contributed by atoms with Gasteiger partial charge in [-0.15, -0.1) is 0 Å². The number of esters is 1. The van der Waals surface area contributed by atoms with Crippen LogP contribution in [0.5, 0.6) is 0 Å². The normalized spacial score (nSPS) is 17.5. The van der Waals surface area contributed by atoms with Crippen molar-refractivity contribution in [2.24, 2.45) is 17.3 Å². The summed E-state index contributed by atoms with van der Waals surface area (Å²) < 4.78 is 4.78. The second-order valence-corrected chi connectivity index (χ2v) is 8.03. The molecule has 0 aliphatic carbocycles. The van der Waals surface area contributed by atoms with Crippen LogP contribution in [0.15, 0.2) is 0 Å². The number of piperidine rings is 1. The summed E-state index contributed by atoms with van der Waals surface area (Å²) in [6.45, 7) is 10.9. The van der Waals surface area contributed by atoms with Crippen molar-refractivity contribution in [1.29, 1.82) is 0 Å². The van der Waals surface area contributed by atoms with E-state index in [-0.39, 0.29) is 23.7 Å². The Kier molecular flexibility index (Phi) is 7.24. The van der Waals surface area contributed by atoms with E-state index in [2.05, 4.69) is 5.32 Å². The smallest absolute Gasteiger partial charge is 0.328 e. The first-order chi connectivity index (χ1) is 11.1. The minimum Gasteiger partial charge on any atom is -0.467 e. The molecule has 138 valence electrons. The maximum atomic E-state index is 12.5. The van der Waals surface area contributed by atoms with Crippen LogP contribution in [-0.2, 0) is 19.1 Å². The third kappa shape index (κ3) is 5.80. The highest BCUT2D eigenvalue weighted by molar-refractivity contribution is 5.86. The van der Waals surface area contributed by atoms with Gasteiger partial charge in [-0.3, -0.25) is 9.59 Å². The lowest BCUT2D eigenvalue weighted by Gasteiger charge is -2.35. The van der Waals surface area contributed by atoms with E-state index in [1.165, 1.54) is 7.11 Å². The van der Waals surface area contributed by atoms with Crippen molar-refractivity contribution in [2.45, 2.75) is 59.9 Å². The van der Waals surface area contributed by atoms with Crippen LogP contribution in [0.1, 0.15) is 53.9 Å². The minimum atomic E-state index is -0.600. The molecule has 2 amide bonds. The zero-order chi connectivity index (χ0) is 18.5. The Labute approximate surface area is 145 Å². The van der Waals surface area contributed by atoms with Crippen molar-refractivity contribution in [1.82, 2.24) is 10.2 Å². The van der Waals surface area contributed by atoms with Crippen LogP contribution in [0.4, 0.5) is 0 Å². The number of nitrogens with one attached hydrogen (secondary N) is 1. The van der Waals surface area contributed by atoms with Gasteiger partial charge in [-0.25, -0.2) is 4.79 Å². The van der Waals surface area contributed by atoms with Gasteiger partial charge in [0.25, 0.3) is 0 Å². The predicted molar refractivity (Wildman–Crippen MR) is 92.2 cm³/mol. The topological polar surface area (TPSA) is 75.7 Å². The number of hydrogen-bond donors (Lipinski definition) is 1. The molecule has 0 aromatic rings. The number of methoxy groups -OCH3 is 1. The molecule has 0 bridgehead atoms. The molecule has 1 rings (SSSR count). The molecule has 1 N–H and O–H groups in total. The van der Waals surface area contributed by atoms with E-state index >= 15 is 0 Å². The fourth-order valence-electron chi connectivity index (χ4n) is 2.94. The van der Waals surface area contributed by atoms with Gasteiger partial charge in [0.2, 0.25) is 11.8 Å². The molecule has 1 fully saturated rings. The molecule has 1 heterocycles. The number of carbonyl (C=O) groups is 3. The van der Waals surface area contributed by atoms with Gasteiger partial charge in [0.1, 0.15) is 6.04 Å². The summed E-state index contributed by atoms with van der Waals surface area (Å²) in [6.07, 6.45) is 1.81. The number of likely N-dealkylation sites (tertiary alicyclic amines) is 1. The molecule has 1 atom stereocenters. The third-order valence-electron chi connectivity index (χ3n) is 4.30. The molecule has 0 saturated carbocycles. The monoisotopic (exact) mass is 340 g/mol. The Balaban J connectivity index is 2.58. The molecule has 6 nitrogen and oxygen atoms in total. The number of hydrogen-bond acceptors (Lipinski definition) is 4. The molecule has 1 aliphatic heterocycles. The Morgan fingerprint density at radius 1 is 1.17 bits per heavy atom. The van der Waals surface area contributed by atoms with E-state index in [9.17, 15) is 14.4 Å². The molecular weight excluding hydrogens is 308 g/mol. The van der Waals surface area contributed by atoms with Crippen LogP contribution in [0.2, 0.25) is 0 Å². The summed E-state index contributed by atoms with van der Waals surface area (Å²) in [5.41, 5.74) is -0.400. The second kappa shape index (κ2) is 8.49. The number of ether oxygens (including phenoxy) is 1. The summed E-state index contributed by atoms with van der Waals surface area (Å²) in [5.74, 6) is -0.283. The van der Waals surface area contributed by atoms with E-state index in [1.807, 2.05) is 39.5 Å². The van der Waals surface area contributed by atoms with Crippen LogP contribution in [0, 0.1) is 17.3 Å². The van der Waals surface area contributed by atoms with Crippen molar-refractivity contribution in [2.75, 3.05) is 20.2 Å². The van der Waals surface area contributed by atoms with E-state index in [0.29, 0.717) is 32.4 Å². The summed E-state index contributed by atoms with van der Waals surface area (Å²) >= 11 is 0. The number of amides is 2. The maximum absolute atomic E-state index is 12.5. The lowest BCUT2D eigenvalue weighted by Crippen LogP contribution is -2.49. The molecule has 24 heavy (non-hydrogen) atoms.